The molecule has 1 aliphatic heterocycles. The highest BCUT2D eigenvalue weighted by Crippen LogP contribution is 2.23. The Morgan fingerprint density at radius 2 is 1.81 bits per heavy atom. The number of aromatic nitrogens is 1. The van der Waals surface area contributed by atoms with Crippen LogP contribution in [0.4, 0.5) is 0 Å². The lowest BCUT2D eigenvalue weighted by molar-refractivity contribution is 1.21. The molecule has 0 unspecified atom stereocenters. The Kier molecular flexibility index (Phi) is 4.41. The van der Waals surface area contributed by atoms with E-state index in [2.05, 4.69) is 30.7 Å². The van der Waals surface area contributed by atoms with Crippen molar-refractivity contribution in [2.75, 3.05) is 0 Å². The normalized spacial score (nSPS) is 14.4. The molecule has 0 radical (unpaired) electrons. The quantitative estimate of drug-likeness (QED) is 0.699. The molecule has 0 saturated carbocycles. The summed E-state index contributed by atoms with van der Waals surface area (Å²) in [6, 6.07) is 2.03. The van der Waals surface area contributed by atoms with Crippen LogP contribution in [0.3, 0.4) is 0 Å². The monoisotopic (exact) mass is 216 g/mol. The molecule has 1 aliphatic rings. The lowest BCUT2D eigenvalue weighted by Crippen LogP contribution is -2.01. The number of pyridine rings is 1. The molecule has 2 heterocycles. The van der Waals surface area contributed by atoms with E-state index >= 15 is 0 Å². The van der Waals surface area contributed by atoms with Crippen molar-refractivity contribution < 1.29 is 0 Å². The second-order valence-electron chi connectivity index (χ2n) is 3.79. The summed E-state index contributed by atoms with van der Waals surface area (Å²) in [4.78, 5) is 8.70. The first-order chi connectivity index (χ1) is 7.68. The van der Waals surface area contributed by atoms with E-state index in [0.29, 0.717) is 0 Å². The molecular formula is C14H20N2. The molecule has 0 aliphatic carbocycles. The summed E-state index contributed by atoms with van der Waals surface area (Å²) in [5, 5.41) is 0. The Balaban J connectivity index is 0.000000606. The van der Waals surface area contributed by atoms with Gasteiger partial charge in [0, 0.05) is 30.1 Å². The molecule has 0 spiro atoms. The summed E-state index contributed by atoms with van der Waals surface area (Å²) in [6.07, 6.45) is 4.69. The maximum atomic E-state index is 4.56. The first-order valence-corrected chi connectivity index (χ1v) is 5.83. The van der Waals surface area contributed by atoms with Crippen molar-refractivity contribution in [3.05, 3.63) is 40.9 Å². The van der Waals surface area contributed by atoms with E-state index in [4.69, 9.17) is 0 Å². The average Bonchev–Trinajstić information content (AvgIpc) is 2.62. The van der Waals surface area contributed by atoms with E-state index in [9.17, 15) is 0 Å². The van der Waals surface area contributed by atoms with E-state index in [0.717, 1.165) is 17.8 Å². The van der Waals surface area contributed by atoms with Gasteiger partial charge in [0.1, 0.15) is 0 Å². The number of aryl methyl sites for hydroxylation is 1. The molecule has 0 saturated heterocycles. The Morgan fingerprint density at radius 1 is 1.12 bits per heavy atom. The summed E-state index contributed by atoms with van der Waals surface area (Å²) in [5.74, 6) is 0. The van der Waals surface area contributed by atoms with E-state index in [-0.39, 0.29) is 0 Å². The fourth-order valence-electron chi connectivity index (χ4n) is 1.64. The Morgan fingerprint density at radius 3 is 2.31 bits per heavy atom. The number of hydrogen-bond donors (Lipinski definition) is 0. The predicted octanol–water partition coefficient (Wildman–Crippen LogP) is 3.90. The number of hydrogen-bond acceptors (Lipinski definition) is 2. The number of rotatable bonds is 1. The molecule has 1 aromatic rings. The van der Waals surface area contributed by atoms with Gasteiger partial charge in [0.05, 0.1) is 5.71 Å². The third-order valence-electron chi connectivity index (χ3n) is 2.70. The number of allylic oxidation sites excluding steroid dienone is 2. The van der Waals surface area contributed by atoms with E-state index < -0.39 is 0 Å². The van der Waals surface area contributed by atoms with Gasteiger partial charge >= 0.3 is 0 Å². The summed E-state index contributed by atoms with van der Waals surface area (Å²) in [5.41, 5.74) is 6.11. The van der Waals surface area contributed by atoms with Crippen LogP contribution in [0.5, 0.6) is 0 Å². The Labute approximate surface area is 98.1 Å². The molecule has 0 fully saturated rings. The summed E-state index contributed by atoms with van der Waals surface area (Å²) < 4.78 is 0. The fourth-order valence-corrected chi connectivity index (χ4v) is 1.64. The maximum absolute atomic E-state index is 4.56. The second kappa shape index (κ2) is 5.59. The van der Waals surface area contributed by atoms with Gasteiger partial charge in [-0.05, 0) is 38.0 Å². The lowest BCUT2D eigenvalue weighted by atomic mass is 10.0. The summed E-state index contributed by atoms with van der Waals surface area (Å²) >= 11 is 0. The molecule has 86 valence electrons. The smallest absolute Gasteiger partial charge is 0.0538 e. The highest BCUT2D eigenvalue weighted by atomic mass is 14.8. The van der Waals surface area contributed by atoms with Gasteiger partial charge in [-0.15, -0.1) is 0 Å². The number of nitrogens with zero attached hydrogens (tertiary/aromatic N) is 2. The zero-order valence-corrected chi connectivity index (χ0v) is 10.8. The first-order valence-electron chi connectivity index (χ1n) is 5.83. The SMILES string of the molecule is CC.CC1=C(C)N=C(c2cnccc2C)C1. The highest BCUT2D eigenvalue weighted by Gasteiger charge is 2.14. The van der Waals surface area contributed by atoms with E-state index in [1.807, 2.05) is 32.3 Å². The van der Waals surface area contributed by atoms with Crippen LogP contribution in [0.15, 0.2) is 34.7 Å². The van der Waals surface area contributed by atoms with E-state index in [1.165, 1.54) is 16.7 Å². The molecule has 1 aromatic heterocycles. The van der Waals surface area contributed by atoms with Gasteiger partial charge in [0.2, 0.25) is 0 Å². The second-order valence-corrected chi connectivity index (χ2v) is 3.79. The average molecular weight is 216 g/mol. The molecule has 2 nitrogen and oxygen atoms in total. The van der Waals surface area contributed by atoms with Gasteiger partial charge in [-0.25, -0.2) is 0 Å². The van der Waals surface area contributed by atoms with Crippen molar-refractivity contribution in [3.63, 3.8) is 0 Å². The Hall–Kier alpha value is -1.44. The van der Waals surface area contributed by atoms with Crippen LogP contribution in [0.2, 0.25) is 0 Å². The van der Waals surface area contributed by atoms with Crippen molar-refractivity contribution in [3.8, 4) is 0 Å². The lowest BCUT2D eigenvalue weighted by Gasteiger charge is -2.03. The molecule has 2 heteroatoms. The molecule has 0 aromatic carbocycles. The summed E-state index contributed by atoms with van der Waals surface area (Å²) in [7, 11) is 0. The van der Waals surface area contributed by atoms with Crippen LogP contribution in [0, 0.1) is 6.92 Å². The number of aliphatic imine (C=N–C) groups is 1. The highest BCUT2D eigenvalue weighted by molar-refractivity contribution is 6.04. The minimum Gasteiger partial charge on any atom is -0.264 e. The molecule has 2 rings (SSSR count). The zero-order chi connectivity index (χ0) is 12.1. The minimum atomic E-state index is 0.971. The van der Waals surface area contributed by atoms with Crippen LogP contribution >= 0.6 is 0 Å². The first kappa shape index (κ1) is 12.6. The standard InChI is InChI=1S/C12H14N2.C2H6/c1-8-4-5-13-7-11(8)12-6-9(2)10(3)14-12;1-2/h4-5,7H,6H2,1-3H3;1-2H3. The molecule has 16 heavy (non-hydrogen) atoms. The molecule has 0 bridgehead atoms. The van der Waals surface area contributed by atoms with Crippen LogP contribution in [0.1, 0.15) is 45.2 Å². The van der Waals surface area contributed by atoms with Gasteiger partial charge in [0.25, 0.3) is 0 Å². The third kappa shape index (κ3) is 2.57. The van der Waals surface area contributed by atoms with Crippen LogP contribution in [-0.4, -0.2) is 10.7 Å². The van der Waals surface area contributed by atoms with E-state index in [1.54, 1.807) is 0 Å². The minimum absolute atomic E-state index is 0.971. The van der Waals surface area contributed by atoms with Gasteiger partial charge in [-0.3, -0.25) is 9.98 Å². The van der Waals surface area contributed by atoms with Crippen molar-refractivity contribution in [2.45, 2.75) is 41.0 Å². The predicted molar refractivity (Wildman–Crippen MR) is 69.9 cm³/mol. The molecule has 0 N–H and O–H groups in total. The van der Waals surface area contributed by atoms with Crippen molar-refractivity contribution in [2.24, 2.45) is 4.99 Å². The van der Waals surface area contributed by atoms with Crippen molar-refractivity contribution in [1.82, 2.24) is 4.98 Å². The molecule has 0 amide bonds. The molecule has 0 atom stereocenters. The fraction of sp³-hybridized carbons (Fsp3) is 0.429. The van der Waals surface area contributed by atoms with Crippen LogP contribution in [0.25, 0.3) is 0 Å². The van der Waals surface area contributed by atoms with Gasteiger partial charge in [-0.2, -0.15) is 0 Å². The van der Waals surface area contributed by atoms with Gasteiger partial charge in [-0.1, -0.05) is 13.8 Å². The van der Waals surface area contributed by atoms with Gasteiger partial charge < -0.3 is 0 Å². The van der Waals surface area contributed by atoms with Crippen LogP contribution in [-0.2, 0) is 0 Å². The maximum Gasteiger partial charge on any atom is 0.0538 e. The molecular weight excluding hydrogens is 196 g/mol. The van der Waals surface area contributed by atoms with Crippen molar-refractivity contribution >= 4 is 5.71 Å². The third-order valence-corrected chi connectivity index (χ3v) is 2.70. The largest absolute Gasteiger partial charge is 0.264 e. The van der Waals surface area contributed by atoms with Crippen LogP contribution < -0.4 is 0 Å². The van der Waals surface area contributed by atoms with Crippen molar-refractivity contribution in [1.29, 1.82) is 0 Å². The zero-order valence-electron chi connectivity index (χ0n) is 10.8. The summed E-state index contributed by atoms with van der Waals surface area (Å²) in [6.45, 7) is 10.3. The Bertz CT molecular complexity index is 428. The topological polar surface area (TPSA) is 25.2 Å². The van der Waals surface area contributed by atoms with Gasteiger partial charge in [0.15, 0.2) is 0 Å².